The number of hydrogen-bond acceptors (Lipinski definition) is 4. The van der Waals surface area contributed by atoms with E-state index in [9.17, 15) is 0 Å². The molecule has 1 unspecified atom stereocenters. The monoisotopic (exact) mass is 585 g/mol. The maximum Gasteiger partial charge on any atom is 0.146 e. The first kappa shape index (κ1) is 27.6. The lowest BCUT2D eigenvalue weighted by Crippen LogP contribution is -2.10. The van der Waals surface area contributed by atoms with Crippen LogP contribution in [0.5, 0.6) is 0 Å². The van der Waals surface area contributed by atoms with Crippen molar-refractivity contribution in [1.29, 1.82) is 0 Å². The smallest absolute Gasteiger partial charge is 0.146 e. The number of benzene rings is 5. The van der Waals surface area contributed by atoms with Crippen LogP contribution in [0.3, 0.4) is 0 Å². The molecule has 44 heavy (non-hydrogen) atoms. The van der Waals surface area contributed by atoms with Gasteiger partial charge in [0.05, 0.1) is 16.6 Å². The van der Waals surface area contributed by atoms with Crippen LogP contribution < -0.4 is 4.90 Å². The Labute approximate surface area is 264 Å². The van der Waals surface area contributed by atoms with Gasteiger partial charge < -0.3 is 4.90 Å². The maximum atomic E-state index is 5.03. The van der Waals surface area contributed by atoms with Crippen LogP contribution in [0.15, 0.2) is 158 Å². The van der Waals surface area contributed by atoms with Crippen molar-refractivity contribution in [2.45, 2.75) is 12.2 Å². The molecule has 1 atom stereocenters. The van der Waals surface area contributed by atoms with E-state index in [-0.39, 0.29) is 5.25 Å². The van der Waals surface area contributed by atoms with Crippen LogP contribution in [0.2, 0.25) is 0 Å². The van der Waals surface area contributed by atoms with Gasteiger partial charge in [0, 0.05) is 28.2 Å². The summed E-state index contributed by atoms with van der Waals surface area (Å²) in [6, 6.07) is 48.9. The molecule has 0 amide bonds. The minimum absolute atomic E-state index is 0.278. The second kappa shape index (κ2) is 12.2. The van der Waals surface area contributed by atoms with Gasteiger partial charge in [-0.1, -0.05) is 109 Å². The first-order valence-corrected chi connectivity index (χ1v) is 15.3. The van der Waals surface area contributed by atoms with E-state index in [0.29, 0.717) is 5.82 Å². The van der Waals surface area contributed by atoms with Crippen LogP contribution in [0.1, 0.15) is 23.6 Å². The zero-order valence-electron chi connectivity index (χ0n) is 24.4. The summed E-state index contributed by atoms with van der Waals surface area (Å²) in [6.45, 7) is 2.14. The molecule has 0 spiro atoms. The minimum Gasteiger partial charge on any atom is -0.310 e. The van der Waals surface area contributed by atoms with Gasteiger partial charge in [0.2, 0.25) is 0 Å². The topological polar surface area (TPSA) is 29.0 Å². The molecule has 1 aromatic heterocycles. The number of aromatic nitrogens is 2. The third-order valence-electron chi connectivity index (χ3n) is 7.89. The zero-order valence-corrected chi connectivity index (χ0v) is 25.3. The van der Waals surface area contributed by atoms with Gasteiger partial charge in [-0.2, -0.15) is 12.6 Å². The highest BCUT2D eigenvalue weighted by Gasteiger charge is 2.16. The van der Waals surface area contributed by atoms with Gasteiger partial charge in [-0.25, -0.2) is 9.97 Å². The summed E-state index contributed by atoms with van der Waals surface area (Å²) in [4.78, 5) is 12.3. The van der Waals surface area contributed by atoms with Gasteiger partial charge in [-0.3, -0.25) is 0 Å². The van der Waals surface area contributed by atoms with Crippen molar-refractivity contribution in [2.24, 2.45) is 0 Å². The average Bonchev–Trinajstić information content (AvgIpc) is 3.09. The van der Waals surface area contributed by atoms with E-state index in [1.54, 1.807) is 0 Å². The zero-order chi connectivity index (χ0) is 29.9. The lowest BCUT2D eigenvalue weighted by Gasteiger charge is -2.26. The van der Waals surface area contributed by atoms with Crippen LogP contribution in [-0.2, 0) is 0 Å². The molecule has 1 aliphatic rings. The first-order chi connectivity index (χ1) is 21.6. The molecule has 0 aliphatic carbocycles. The van der Waals surface area contributed by atoms with E-state index in [0.717, 1.165) is 61.8 Å². The highest BCUT2D eigenvalue weighted by molar-refractivity contribution is 7.80. The molecule has 0 saturated carbocycles. The Bertz CT molecular complexity index is 2000. The SMILES string of the molecule is C/C1=C\C=C/C(S)c2nc(-c3ccccc3)cc(n2)-c2cccc(c2)-c2cccc(c2)N(c2ccccc2)c2cccc1c2. The molecule has 0 radical (unpaired) electrons. The Morgan fingerprint density at radius 3 is 1.77 bits per heavy atom. The normalized spacial score (nSPS) is 16.3. The van der Waals surface area contributed by atoms with Gasteiger partial charge in [-0.15, -0.1) is 0 Å². The molecule has 7 rings (SSSR count). The minimum atomic E-state index is -0.278. The van der Waals surface area contributed by atoms with Crippen molar-refractivity contribution < 1.29 is 0 Å². The van der Waals surface area contributed by atoms with Crippen LogP contribution in [-0.4, -0.2) is 9.97 Å². The number of nitrogens with zero attached hydrogens (tertiary/aromatic N) is 3. The highest BCUT2D eigenvalue weighted by Crippen LogP contribution is 2.38. The Morgan fingerprint density at radius 1 is 0.523 bits per heavy atom. The molecule has 0 fully saturated rings. The molecular weight excluding hydrogens is 555 g/mol. The molecule has 2 heterocycles. The molecule has 0 N–H and O–H groups in total. The summed E-state index contributed by atoms with van der Waals surface area (Å²) in [5.74, 6) is 0.668. The van der Waals surface area contributed by atoms with E-state index in [1.807, 2.05) is 24.3 Å². The Balaban J connectivity index is 1.45. The van der Waals surface area contributed by atoms with Crippen molar-refractivity contribution in [3.63, 3.8) is 0 Å². The standard InChI is InChI=1S/C40H31N3S/c1-28-12-8-23-39(44)40-41-37(29-13-4-2-5-14-29)27-38(42-40)33-18-9-16-31(24-33)32-17-11-22-36(26-32)43(34-19-6-3-7-20-34)35-21-10-15-30(28)25-35/h2-27,39,44H,1H3/b23-8-,28-12+. The predicted molar refractivity (Wildman–Crippen MR) is 188 cm³/mol. The van der Waals surface area contributed by atoms with Crippen LogP contribution in [0, 0.1) is 0 Å². The lowest BCUT2D eigenvalue weighted by atomic mass is 9.99. The third-order valence-corrected chi connectivity index (χ3v) is 8.29. The van der Waals surface area contributed by atoms with Crippen molar-refractivity contribution >= 4 is 35.3 Å². The average molecular weight is 586 g/mol. The van der Waals surface area contributed by atoms with E-state index >= 15 is 0 Å². The van der Waals surface area contributed by atoms with Crippen molar-refractivity contribution in [1.82, 2.24) is 9.97 Å². The molecule has 212 valence electrons. The number of rotatable bonds is 2. The fourth-order valence-electron chi connectivity index (χ4n) is 5.59. The molecule has 4 heteroatoms. The van der Waals surface area contributed by atoms with Gasteiger partial charge in [0.15, 0.2) is 0 Å². The van der Waals surface area contributed by atoms with Crippen LogP contribution >= 0.6 is 12.6 Å². The highest BCUT2D eigenvalue weighted by atomic mass is 32.1. The number of fused-ring (bicyclic) bond motifs is 10. The lowest BCUT2D eigenvalue weighted by molar-refractivity contribution is 0.986. The summed E-state index contributed by atoms with van der Waals surface area (Å²) in [5, 5.41) is -0.278. The molecule has 6 aromatic rings. The summed E-state index contributed by atoms with van der Waals surface area (Å²) >= 11 is 4.93. The van der Waals surface area contributed by atoms with Gasteiger partial charge in [-0.05, 0) is 77.7 Å². The van der Waals surface area contributed by atoms with E-state index in [2.05, 4.69) is 145 Å². The fourth-order valence-corrected chi connectivity index (χ4v) is 5.80. The molecule has 5 aromatic carbocycles. The Hall–Kier alpha value is -5.19. The van der Waals surface area contributed by atoms with Crippen molar-refractivity contribution in [3.05, 3.63) is 169 Å². The third kappa shape index (κ3) is 5.72. The quantitative estimate of drug-likeness (QED) is 0.205. The number of para-hydroxylation sites is 1. The van der Waals surface area contributed by atoms with Gasteiger partial charge >= 0.3 is 0 Å². The van der Waals surface area contributed by atoms with Crippen LogP contribution in [0.25, 0.3) is 39.2 Å². The molecular formula is C40H31N3S. The number of allylic oxidation sites excluding steroid dienone is 3. The summed E-state index contributed by atoms with van der Waals surface area (Å²) in [5.41, 5.74) is 11.7. The van der Waals surface area contributed by atoms with Gasteiger partial charge in [0.25, 0.3) is 0 Å². The van der Waals surface area contributed by atoms with Crippen LogP contribution in [0.4, 0.5) is 17.1 Å². The summed E-state index contributed by atoms with van der Waals surface area (Å²) in [6.07, 6.45) is 6.23. The fraction of sp³-hybridized carbons (Fsp3) is 0.0500. The second-order valence-electron chi connectivity index (χ2n) is 10.9. The largest absolute Gasteiger partial charge is 0.310 e. The molecule has 0 saturated heterocycles. The van der Waals surface area contributed by atoms with Crippen molar-refractivity contribution in [3.8, 4) is 33.6 Å². The molecule has 8 bridgehead atoms. The number of thiol groups is 1. The summed E-state index contributed by atoms with van der Waals surface area (Å²) in [7, 11) is 0. The maximum absolute atomic E-state index is 5.03. The predicted octanol–water partition coefficient (Wildman–Crippen LogP) is 10.9. The molecule has 1 aliphatic heterocycles. The van der Waals surface area contributed by atoms with Crippen molar-refractivity contribution in [2.75, 3.05) is 4.90 Å². The van der Waals surface area contributed by atoms with Gasteiger partial charge in [0.1, 0.15) is 5.82 Å². The Kier molecular flexibility index (Phi) is 7.66. The first-order valence-electron chi connectivity index (χ1n) is 14.8. The second-order valence-corrected chi connectivity index (χ2v) is 11.5. The number of hydrogen-bond donors (Lipinski definition) is 1. The van der Waals surface area contributed by atoms with E-state index < -0.39 is 0 Å². The Morgan fingerprint density at radius 2 is 1.05 bits per heavy atom. The van der Waals surface area contributed by atoms with E-state index in [4.69, 9.17) is 22.6 Å². The van der Waals surface area contributed by atoms with E-state index in [1.165, 1.54) is 0 Å². The summed E-state index contributed by atoms with van der Waals surface area (Å²) < 4.78 is 0. The molecule has 3 nitrogen and oxygen atoms in total. The number of anilines is 3.